The van der Waals surface area contributed by atoms with Gasteiger partial charge in [0.1, 0.15) is 0 Å². The number of benzene rings is 1. The molecule has 7 heteroatoms. The molecule has 0 atom stereocenters. The summed E-state index contributed by atoms with van der Waals surface area (Å²) in [6.07, 6.45) is -3.84. The summed E-state index contributed by atoms with van der Waals surface area (Å²) in [5.74, 6) is 0. The Labute approximate surface area is 136 Å². The van der Waals surface area contributed by atoms with E-state index in [-0.39, 0.29) is 6.03 Å². The minimum atomic E-state index is -4.32. The molecule has 2 amide bonds. The Bertz CT molecular complexity index is 624. The lowest BCUT2D eigenvalue weighted by atomic mass is 10.1. The Morgan fingerprint density at radius 3 is 2.48 bits per heavy atom. The highest BCUT2D eigenvalue weighted by molar-refractivity contribution is 7.09. The van der Waals surface area contributed by atoms with Crippen molar-refractivity contribution >= 4 is 17.4 Å². The Morgan fingerprint density at radius 2 is 1.91 bits per heavy atom. The molecule has 2 rings (SSSR count). The van der Waals surface area contributed by atoms with Crippen LogP contribution in [0.2, 0.25) is 0 Å². The van der Waals surface area contributed by atoms with E-state index in [0.717, 1.165) is 22.6 Å². The van der Waals surface area contributed by atoms with Crippen LogP contribution in [-0.4, -0.2) is 24.5 Å². The van der Waals surface area contributed by atoms with Gasteiger partial charge < -0.3 is 10.2 Å². The first-order chi connectivity index (χ1) is 10.9. The molecule has 1 N–H and O–H groups in total. The van der Waals surface area contributed by atoms with E-state index in [9.17, 15) is 18.0 Å². The fourth-order valence-corrected chi connectivity index (χ4v) is 2.77. The van der Waals surface area contributed by atoms with Gasteiger partial charge in [0.05, 0.1) is 12.1 Å². The van der Waals surface area contributed by atoms with Gasteiger partial charge >= 0.3 is 12.2 Å². The van der Waals surface area contributed by atoms with Crippen molar-refractivity contribution in [1.29, 1.82) is 0 Å². The number of hydrogen-bond acceptors (Lipinski definition) is 2. The monoisotopic (exact) mass is 342 g/mol. The molecule has 0 saturated carbocycles. The first kappa shape index (κ1) is 17.3. The zero-order chi connectivity index (χ0) is 16.9. The summed E-state index contributed by atoms with van der Waals surface area (Å²) in [6, 6.07) is 8.66. The van der Waals surface area contributed by atoms with Crippen LogP contribution in [0.5, 0.6) is 0 Å². The van der Waals surface area contributed by atoms with Crippen molar-refractivity contribution in [2.45, 2.75) is 19.1 Å². The standard InChI is InChI=1S/C16H17F3N2OS/c1-21(11-14-3-2-10-23-14)15(22)20-9-8-12-4-6-13(7-5-12)16(17,18)19/h2-7,10H,8-9,11H2,1H3,(H,20,22). The van der Waals surface area contributed by atoms with Crippen molar-refractivity contribution in [2.75, 3.05) is 13.6 Å². The molecule has 23 heavy (non-hydrogen) atoms. The number of alkyl halides is 3. The van der Waals surface area contributed by atoms with Gasteiger partial charge in [0.25, 0.3) is 0 Å². The second-order valence-corrected chi connectivity index (χ2v) is 6.14. The molecule has 124 valence electrons. The van der Waals surface area contributed by atoms with Crippen LogP contribution in [0, 0.1) is 0 Å². The molecule has 1 aromatic heterocycles. The van der Waals surface area contributed by atoms with E-state index in [1.807, 2.05) is 17.5 Å². The van der Waals surface area contributed by atoms with Crippen molar-refractivity contribution in [3.05, 3.63) is 57.8 Å². The van der Waals surface area contributed by atoms with E-state index in [1.165, 1.54) is 12.1 Å². The number of rotatable bonds is 5. The summed E-state index contributed by atoms with van der Waals surface area (Å²) in [7, 11) is 1.70. The van der Waals surface area contributed by atoms with Crippen molar-refractivity contribution < 1.29 is 18.0 Å². The van der Waals surface area contributed by atoms with Gasteiger partial charge in [-0.3, -0.25) is 0 Å². The molecule has 0 fully saturated rings. The maximum Gasteiger partial charge on any atom is 0.416 e. The number of amides is 2. The van der Waals surface area contributed by atoms with E-state index >= 15 is 0 Å². The third kappa shape index (κ3) is 5.28. The molecule has 3 nitrogen and oxygen atoms in total. The number of hydrogen-bond donors (Lipinski definition) is 1. The lowest BCUT2D eigenvalue weighted by Crippen LogP contribution is -2.37. The predicted molar refractivity (Wildman–Crippen MR) is 84.3 cm³/mol. The van der Waals surface area contributed by atoms with Gasteiger partial charge in [-0.1, -0.05) is 18.2 Å². The average Bonchev–Trinajstić information content (AvgIpc) is 2.99. The number of carbonyl (C=O) groups excluding carboxylic acids is 1. The molecule has 1 heterocycles. The maximum atomic E-state index is 12.5. The average molecular weight is 342 g/mol. The second kappa shape index (κ2) is 7.50. The Hall–Kier alpha value is -2.02. The third-order valence-corrected chi connectivity index (χ3v) is 4.15. The molecule has 0 bridgehead atoms. The summed E-state index contributed by atoms with van der Waals surface area (Å²) < 4.78 is 37.4. The molecule has 0 aliphatic rings. The number of nitrogens with zero attached hydrogens (tertiary/aromatic N) is 1. The fraction of sp³-hybridized carbons (Fsp3) is 0.312. The molecule has 0 saturated heterocycles. The van der Waals surface area contributed by atoms with Crippen LogP contribution in [0.25, 0.3) is 0 Å². The van der Waals surface area contributed by atoms with Crippen molar-refractivity contribution in [1.82, 2.24) is 10.2 Å². The molecule has 0 aliphatic carbocycles. The third-order valence-electron chi connectivity index (χ3n) is 3.29. The quantitative estimate of drug-likeness (QED) is 0.870. The number of carbonyl (C=O) groups is 1. The van der Waals surface area contributed by atoms with Gasteiger partial charge in [0.2, 0.25) is 0 Å². The molecule has 0 aliphatic heterocycles. The zero-order valence-electron chi connectivity index (χ0n) is 12.6. The molecule has 1 aromatic carbocycles. The Kier molecular flexibility index (Phi) is 5.65. The van der Waals surface area contributed by atoms with E-state index in [0.29, 0.717) is 19.5 Å². The van der Waals surface area contributed by atoms with Crippen LogP contribution in [0.3, 0.4) is 0 Å². The van der Waals surface area contributed by atoms with Gasteiger partial charge in [0, 0.05) is 18.5 Å². The zero-order valence-corrected chi connectivity index (χ0v) is 13.4. The molecule has 0 radical (unpaired) electrons. The topological polar surface area (TPSA) is 32.3 Å². The fourth-order valence-electron chi connectivity index (χ4n) is 2.02. The maximum absolute atomic E-state index is 12.5. The summed E-state index contributed by atoms with van der Waals surface area (Å²) in [5, 5.41) is 4.71. The van der Waals surface area contributed by atoms with Crippen LogP contribution in [-0.2, 0) is 19.1 Å². The van der Waals surface area contributed by atoms with Gasteiger partial charge in [-0.2, -0.15) is 13.2 Å². The Morgan fingerprint density at radius 1 is 1.22 bits per heavy atom. The first-order valence-electron chi connectivity index (χ1n) is 7.04. The normalized spacial score (nSPS) is 11.3. The summed E-state index contributed by atoms with van der Waals surface area (Å²) in [6.45, 7) is 0.906. The highest BCUT2D eigenvalue weighted by Gasteiger charge is 2.29. The van der Waals surface area contributed by atoms with Crippen LogP contribution in [0.15, 0.2) is 41.8 Å². The van der Waals surface area contributed by atoms with Crippen molar-refractivity contribution in [3.63, 3.8) is 0 Å². The smallest absolute Gasteiger partial charge is 0.338 e. The molecule has 2 aromatic rings. The van der Waals surface area contributed by atoms with E-state index < -0.39 is 11.7 Å². The molecule has 0 spiro atoms. The van der Waals surface area contributed by atoms with Gasteiger partial charge in [-0.05, 0) is 35.6 Å². The predicted octanol–water partition coefficient (Wildman–Crippen LogP) is 4.15. The number of halogens is 3. The summed E-state index contributed by atoms with van der Waals surface area (Å²) in [5.41, 5.74) is 0.0835. The summed E-state index contributed by atoms with van der Waals surface area (Å²) >= 11 is 1.58. The van der Waals surface area contributed by atoms with Gasteiger partial charge in [-0.25, -0.2) is 4.79 Å². The minimum absolute atomic E-state index is 0.203. The highest BCUT2D eigenvalue weighted by Crippen LogP contribution is 2.29. The van der Waals surface area contributed by atoms with Crippen LogP contribution < -0.4 is 5.32 Å². The van der Waals surface area contributed by atoms with E-state index in [1.54, 1.807) is 23.3 Å². The molecular formula is C16H17F3N2OS. The van der Waals surface area contributed by atoms with Gasteiger partial charge in [-0.15, -0.1) is 11.3 Å². The number of thiophene rings is 1. The SMILES string of the molecule is CN(Cc1cccs1)C(=O)NCCc1ccc(C(F)(F)F)cc1. The molecule has 0 unspecified atom stereocenters. The van der Waals surface area contributed by atoms with Gasteiger partial charge in [0.15, 0.2) is 0 Å². The van der Waals surface area contributed by atoms with Crippen molar-refractivity contribution in [2.24, 2.45) is 0 Å². The van der Waals surface area contributed by atoms with Crippen LogP contribution in [0.1, 0.15) is 16.0 Å². The summed E-state index contributed by atoms with van der Waals surface area (Å²) in [4.78, 5) is 14.6. The van der Waals surface area contributed by atoms with Crippen LogP contribution in [0.4, 0.5) is 18.0 Å². The van der Waals surface area contributed by atoms with E-state index in [4.69, 9.17) is 0 Å². The lowest BCUT2D eigenvalue weighted by Gasteiger charge is -2.17. The second-order valence-electron chi connectivity index (χ2n) is 5.11. The largest absolute Gasteiger partial charge is 0.416 e. The molecular weight excluding hydrogens is 325 g/mol. The minimum Gasteiger partial charge on any atom is -0.338 e. The first-order valence-corrected chi connectivity index (χ1v) is 7.91. The van der Waals surface area contributed by atoms with Crippen molar-refractivity contribution in [3.8, 4) is 0 Å². The Balaban J connectivity index is 1.77. The number of nitrogens with one attached hydrogen (secondary N) is 1. The van der Waals surface area contributed by atoms with E-state index in [2.05, 4.69) is 5.32 Å². The number of urea groups is 1. The van der Waals surface area contributed by atoms with Crippen LogP contribution >= 0.6 is 11.3 Å². The lowest BCUT2D eigenvalue weighted by molar-refractivity contribution is -0.137. The highest BCUT2D eigenvalue weighted by atomic mass is 32.1.